The maximum Gasteiger partial charge on any atom is 0.336 e. The van der Waals surface area contributed by atoms with Crippen LogP contribution in [0, 0.1) is 6.92 Å². The van der Waals surface area contributed by atoms with E-state index in [1.807, 2.05) is 14.0 Å². The summed E-state index contributed by atoms with van der Waals surface area (Å²) in [5.41, 5.74) is 1.60. The maximum absolute atomic E-state index is 12.8. The van der Waals surface area contributed by atoms with Crippen molar-refractivity contribution in [2.75, 3.05) is 23.3 Å². The van der Waals surface area contributed by atoms with Gasteiger partial charge in [-0.2, -0.15) is 5.10 Å². The standard InChI is InChI=1S/C21H24N4O4/c1-13-19(20(23-24(13)3)25-10-4-5-11-25)22-21(27)14(2)28-16-8-6-15-7-9-18(26)29-17(15)12-16/h6-9,12,14H,4-5,10-11H2,1-3H3,(H,22,27). The van der Waals surface area contributed by atoms with Crippen molar-refractivity contribution < 1.29 is 13.9 Å². The van der Waals surface area contributed by atoms with Crippen molar-refractivity contribution in [1.82, 2.24) is 9.78 Å². The third-order valence-corrected chi connectivity index (χ3v) is 5.25. The lowest BCUT2D eigenvalue weighted by molar-refractivity contribution is -0.122. The quantitative estimate of drug-likeness (QED) is 0.667. The molecule has 1 aromatic carbocycles. The Morgan fingerprint density at radius 2 is 1.97 bits per heavy atom. The molecule has 152 valence electrons. The number of carbonyl (C=O) groups is 1. The molecule has 3 heterocycles. The van der Waals surface area contributed by atoms with Gasteiger partial charge < -0.3 is 19.4 Å². The molecule has 0 spiro atoms. The van der Waals surface area contributed by atoms with Crippen LogP contribution in [0.15, 0.2) is 39.5 Å². The van der Waals surface area contributed by atoms with Gasteiger partial charge in [-0.05, 0) is 44.9 Å². The first kappa shape index (κ1) is 19.0. The topological polar surface area (TPSA) is 89.6 Å². The van der Waals surface area contributed by atoms with Crippen LogP contribution in [-0.2, 0) is 11.8 Å². The molecule has 1 N–H and O–H groups in total. The average molecular weight is 396 g/mol. The molecule has 3 aromatic rings. The Morgan fingerprint density at radius 3 is 2.72 bits per heavy atom. The van der Waals surface area contributed by atoms with Crippen LogP contribution < -0.4 is 20.6 Å². The van der Waals surface area contributed by atoms with E-state index in [4.69, 9.17) is 9.15 Å². The van der Waals surface area contributed by atoms with Gasteiger partial charge >= 0.3 is 5.63 Å². The third kappa shape index (κ3) is 3.83. The van der Waals surface area contributed by atoms with Crippen LogP contribution in [0.5, 0.6) is 5.75 Å². The van der Waals surface area contributed by atoms with Gasteiger partial charge in [-0.1, -0.05) is 0 Å². The van der Waals surface area contributed by atoms with Crippen molar-refractivity contribution in [1.29, 1.82) is 0 Å². The van der Waals surface area contributed by atoms with Gasteiger partial charge in [0.1, 0.15) is 17.0 Å². The van der Waals surface area contributed by atoms with Crippen molar-refractivity contribution >= 4 is 28.4 Å². The predicted molar refractivity (Wildman–Crippen MR) is 111 cm³/mol. The zero-order valence-electron chi connectivity index (χ0n) is 16.8. The number of nitrogens with zero attached hydrogens (tertiary/aromatic N) is 3. The van der Waals surface area contributed by atoms with E-state index in [9.17, 15) is 9.59 Å². The number of hydrogen-bond acceptors (Lipinski definition) is 6. The van der Waals surface area contributed by atoms with Crippen LogP contribution >= 0.6 is 0 Å². The first-order valence-electron chi connectivity index (χ1n) is 9.72. The molecule has 1 aliphatic heterocycles. The first-order chi connectivity index (χ1) is 13.9. The SMILES string of the molecule is Cc1c(NC(=O)C(C)Oc2ccc3ccc(=O)oc3c2)c(N2CCCC2)nn1C. The van der Waals surface area contributed by atoms with E-state index in [-0.39, 0.29) is 5.91 Å². The Kier molecular flexibility index (Phi) is 5.00. The van der Waals surface area contributed by atoms with Gasteiger partial charge in [0.2, 0.25) is 0 Å². The normalized spacial score (nSPS) is 14.9. The summed E-state index contributed by atoms with van der Waals surface area (Å²) in [6, 6.07) is 8.21. The molecule has 8 heteroatoms. The van der Waals surface area contributed by atoms with Crippen LogP contribution in [0.3, 0.4) is 0 Å². The predicted octanol–water partition coefficient (Wildman–Crippen LogP) is 2.84. The molecule has 0 radical (unpaired) electrons. The fourth-order valence-corrected chi connectivity index (χ4v) is 3.48. The Morgan fingerprint density at radius 1 is 1.24 bits per heavy atom. The highest BCUT2D eigenvalue weighted by molar-refractivity contribution is 5.97. The molecule has 0 saturated carbocycles. The highest BCUT2D eigenvalue weighted by Crippen LogP contribution is 2.31. The lowest BCUT2D eigenvalue weighted by Crippen LogP contribution is -2.31. The fraction of sp³-hybridized carbons (Fsp3) is 0.381. The number of nitrogens with one attached hydrogen (secondary N) is 1. The highest BCUT2D eigenvalue weighted by Gasteiger charge is 2.25. The smallest absolute Gasteiger partial charge is 0.336 e. The average Bonchev–Trinajstić information content (AvgIpc) is 3.32. The summed E-state index contributed by atoms with van der Waals surface area (Å²) < 4.78 is 12.7. The summed E-state index contributed by atoms with van der Waals surface area (Å²) in [4.78, 5) is 26.4. The summed E-state index contributed by atoms with van der Waals surface area (Å²) in [6.45, 7) is 5.49. The largest absolute Gasteiger partial charge is 0.481 e. The van der Waals surface area contributed by atoms with Gasteiger partial charge in [0.05, 0.1) is 5.69 Å². The zero-order valence-corrected chi connectivity index (χ0v) is 16.8. The molecule has 1 fully saturated rings. The number of benzene rings is 1. The minimum absolute atomic E-state index is 0.267. The molecule has 1 unspecified atom stereocenters. The van der Waals surface area contributed by atoms with E-state index in [2.05, 4.69) is 15.3 Å². The number of fused-ring (bicyclic) bond motifs is 1. The first-order valence-corrected chi connectivity index (χ1v) is 9.72. The molecule has 4 rings (SSSR count). The van der Waals surface area contributed by atoms with Crippen molar-refractivity contribution in [3.05, 3.63) is 46.4 Å². The molecule has 1 amide bonds. The number of anilines is 2. The fourth-order valence-electron chi connectivity index (χ4n) is 3.48. The van der Waals surface area contributed by atoms with E-state index >= 15 is 0 Å². The molecule has 1 atom stereocenters. The van der Waals surface area contributed by atoms with Crippen molar-refractivity contribution in [3.63, 3.8) is 0 Å². The van der Waals surface area contributed by atoms with Crippen molar-refractivity contribution in [3.8, 4) is 5.75 Å². The third-order valence-electron chi connectivity index (χ3n) is 5.25. The van der Waals surface area contributed by atoms with Gasteiger partial charge in [0.15, 0.2) is 11.9 Å². The van der Waals surface area contributed by atoms with Crippen LogP contribution in [0.4, 0.5) is 11.5 Å². The minimum atomic E-state index is -0.742. The number of aryl methyl sites for hydroxylation is 1. The number of carbonyl (C=O) groups excluding carboxylic acids is 1. The maximum atomic E-state index is 12.8. The van der Waals surface area contributed by atoms with E-state index in [1.165, 1.54) is 6.07 Å². The molecule has 0 bridgehead atoms. The molecule has 0 aliphatic carbocycles. The summed E-state index contributed by atoms with van der Waals surface area (Å²) in [5, 5.41) is 8.34. The van der Waals surface area contributed by atoms with Gasteiger partial charge in [-0.15, -0.1) is 0 Å². The second-order valence-corrected chi connectivity index (χ2v) is 7.31. The second kappa shape index (κ2) is 7.62. The lowest BCUT2D eigenvalue weighted by atomic mass is 10.2. The number of ether oxygens (including phenoxy) is 1. The Labute approximate surface area is 168 Å². The van der Waals surface area contributed by atoms with Gasteiger partial charge in [-0.25, -0.2) is 4.79 Å². The summed E-state index contributed by atoms with van der Waals surface area (Å²) >= 11 is 0. The summed E-state index contributed by atoms with van der Waals surface area (Å²) in [5.74, 6) is 0.990. The Balaban J connectivity index is 1.51. The Hall–Kier alpha value is -3.29. The molecule has 2 aromatic heterocycles. The van der Waals surface area contributed by atoms with E-state index in [0.717, 1.165) is 48.5 Å². The lowest BCUT2D eigenvalue weighted by Gasteiger charge is -2.19. The highest BCUT2D eigenvalue weighted by atomic mass is 16.5. The number of hydrogen-bond donors (Lipinski definition) is 1. The molecular formula is C21H24N4O4. The molecule has 8 nitrogen and oxygen atoms in total. The number of aromatic nitrogens is 2. The van der Waals surface area contributed by atoms with Crippen LogP contribution in [0.2, 0.25) is 0 Å². The molecular weight excluding hydrogens is 372 g/mol. The van der Waals surface area contributed by atoms with Crippen molar-refractivity contribution in [2.24, 2.45) is 7.05 Å². The van der Waals surface area contributed by atoms with Crippen LogP contribution in [-0.4, -0.2) is 34.9 Å². The number of rotatable bonds is 5. The van der Waals surface area contributed by atoms with Gasteiger partial charge in [-0.3, -0.25) is 9.48 Å². The van der Waals surface area contributed by atoms with E-state index in [0.29, 0.717) is 11.3 Å². The molecule has 1 aliphatic rings. The van der Waals surface area contributed by atoms with E-state index < -0.39 is 11.7 Å². The van der Waals surface area contributed by atoms with Crippen LogP contribution in [0.25, 0.3) is 11.0 Å². The summed E-state index contributed by atoms with van der Waals surface area (Å²) in [7, 11) is 1.87. The zero-order chi connectivity index (χ0) is 20.5. The second-order valence-electron chi connectivity index (χ2n) is 7.31. The summed E-state index contributed by atoms with van der Waals surface area (Å²) in [6.07, 6.45) is 1.51. The minimum Gasteiger partial charge on any atom is -0.481 e. The van der Waals surface area contributed by atoms with Gasteiger partial charge in [0.25, 0.3) is 5.91 Å². The molecule has 1 saturated heterocycles. The van der Waals surface area contributed by atoms with Gasteiger partial charge in [0, 0.05) is 37.7 Å². The molecule has 29 heavy (non-hydrogen) atoms. The van der Waals surface area contributed by atoms with E-state index in [1.54, 1.807) is 35.9 Å². The monoisotopic (exact) mass is 396 g/mol. The van der Waals surface area contributed by atoms with Crippen molar-refractivity contribution in [2.45, 2.75) is 32.8 Å². The van der Waals surface area contributed by atoms with Crippen LogP contribution in [0.1, 0.15) is 25.5 Å². The Bertz CT molecular complexity index is 1110. The number of amides is 1.